The number of likely N-dealkylation sites (tertiary alicyclic amines) is 1. The summed E-state index contributed by atoms with van der Waals surface area (Å²) in [5.74, 6) is 0. The van der Waals surface area contributed by atoms with Crippen molar-refractivity contribution in [2.45, 2.75) is 51.6 Å². The van der Waals surface area contributed by atoms with E-state index in [0.29, 0.717) is 12.1 Å². The molecule has 1 fully saturated rings. The molecule has 2 nitrogen and oxygen atoms in total. The second kappa shape index (κ2) is 8.16. The van der Waals surface area contributed by atoms with Gasteiger partial charge in [-0.3, -0.25) is 0 Å². The molecule has 1 aromatic rings. The average molecular weight is 339 g/mol. The van der Waals surface area contributed by atoms with Gasteiger partial charge in [-0.05, 0) is 63.9 Å². The highest BCUT2D eigenvalue weighted by molar-refractivity contribution is 9.10. The third-order valence-corrected chi connectivity index (χ3v) is 4.53. The quantitative estimate of drug-likeness (QED) is 0.847. The van der Waals surface area contributed by atoms with Gasteiger partial charge in [0.1, 0.15) is 0 Å². The SMILES string of the molecule is CC(Cc1ccc(Br)cc1)NC(C)CN1CCCCC1. The Balaban J connectivity index is 1.72. The zero-order valence-electron chi connectivity index (χ0n) is 12.7. The average Bonchev–Trinajstić information content (AvgIpc) is 2.42. The Kier molecular flexibility index (Phi) is 6.53. The fourth-order valence-electron chi connectivity index (χ4n) is 3.10. The molecule has 0 aromatic heterocycles. The molecule has 1 saturated heterocycles. The largest absolute Gasteiger partial charge is 0.310 e. The van der Waals surface area contributed by atoms with Gasteiger partial charge in [0.25, 0.3) is 0 Å². The third-order valence-electron chi connectivity index (χ3n) is 4.00. The van der Waals surface area contributed by atoms with Crippen LogP contribution in [-0.4, -0.2) is 36.6 Å². The second-order valence-electron chi connectivity index (χ2n) is 6.16. The molecule has 2 unspecified atom stereocenters. The molecular formula is C17H27BrN2. The van der Waals surface area contributed by atoms with Crippen molar-refractivity contribution in [3.63, 3.8) is 0 Å². The van der Waals surface area contributed by atoms with E-state index in [1.807, 2.05) is 0 Å². The van der Waals surface area contributed by atoms with Crippen LogP contribution < -0.4 is 5.32 Å². The molecule has 1 aromatic carbocycles. The molecule has 0 amide bonds. The standard InChI is InChI=1S/C17H27BrN2/c1-14(12-16-6-8-17(18)9-7-16)19-15(2)13-20-10-4-3-5-11-20/h6-9,14-15,19H,3-5,10-13H2,1-2H3. The van der Waals surface area contributed by atoms with E-state index in [0.717, 1.165) is 10.9 Å². The fraction of sp³-hybridized carbons (Fsp3) is 0.647. The highest BCUT2D eigenvalue weighted by Gasteiger charge is 2.14. The molecule has 112 valence electrons. The molecule has 1 aliphatic heterocycles. The molecule has 0 spiro atoms. The summed E-state index contributed by atoms with van der Waals surface area (Å²) in [6.45, 7) is 8.35. The summed E-state index contributed by atoms with van der Waals surface area (Å²) in [7, 11) is 0. The molecular weight excluding hydrogens is 312 g/mol. The Morgan fingerprint density at radius 1 is 1.05 bits per heavy atom. The summed E-state index contributed by atoms with van der Waals surface area (Å²) in [5, 5.41) is 3.74. The molecule has 0 aliphatic carbocycles. The van der Waals surface area contributed by atoms with Crippen molar-refractivity contribution >= 4 is 15.9 Å². The highest BCUT2D eigenvalue weighted by Crippen LogP contribution is 2.12. The molecule has 0 saturated carbocycles. The maximum absolute atomic E-state index is 3.74. The lowest BCUT2D eigenvalue weighted by Gasteiger charge is -2.30. The van der Waals surface area contributed by atoms with Crippen molar-refractivity contribution in [1.82, 2.24) is 10.2 Å². The number of hydrogen-bond acceptors (Lipinski definition) is 2. The molecule has 1 N–H and O–H groups in total. The highest BCUT2D eigenvalue weighted by atomic mass is 79.9. The van der Waals surface area contributed by atoms with Crippen LogP contribution in [0.5, 0.6) is 0 Å². The van der Waals surface area contributed by atoms with E-state index < -0.39 is 0 Å². The van der Waals surface area contributed by atoms with Crippen LogP contribution >= 0.6 is 15.9 Å². The van der Waals surface area contributed by atoms with Gasteiger partial charge in [-0.1, -0.05) is 34.5 Å². The minimum absolute atomic E-state index is 0.524. The molecule has 2 rings (SSSR count). The summed E-state index contributed by atoms with van der Waals surface area (Å²) >= 11 is 3.49. The fourth-order valence-corrected chi connectivity index (χ4v) is 3.36. The first-order valence-corrected chi connectivity index (χ1v) is 8.65. The van der Waals surface area contributed by atoms with Crippen LogP contribution in [0.2, 0.25) is 0 Å². The van der Waals surface area contributed by atoms with Gasteiger partial charge < -0.3 is 10.2 Å². The van der Waals surface area contributed by atoms with Gasteiger partial charge >= 0.3 is 0 Å². The van der Waals surface area contributed by atoms with Gasteiger partial charge in [-0.15, -0.1) is 0 Å². The van der Waals surface area contributed by atoms with Gasteiger partial charge in [-0.2, -0.15) is 0 Å². The van der Waals surface area contributed by atoms with E-state index in [1.165, 1.54) is 44.5 Å². The lowest BCUT2D eigenvalue weighted by atomic mass is 10.1. The molecule has 3 heteroatoms. The number of halogens is 1. The topological polar surface area (TPSA) is 15.3 Å². The van der Waals surface area contributed by atoms with Gasteiger partial charge in [-0.25, -0.2) is 0 Å². The monoisotopic (exact) mass is 338 g/mol. The lowest BCUT2D eigenvalue weighted by Crippen LogP contribution is -2.45. The van der Waals surface area contributed by atoms with Crippen LogP contribution in [0.15, 0.2) is 28.7 Å². The summed E-state index contributed by atoms with van der Waals surface area (Å²) < 4.78 is 1.15. The van der Waals surface area contributed by atoms with E-state index in [9.17, 15) is 0 Å². The first-order chi connectivity index (χ1) is 9.63. The Morgan fingerprint density at radius 3 is 2.35 bits per heavy atom. The summed E-state index contributed by atoms with van der Waals surface area (Å²) in [6, 6.07) is 9.75. The lowest BCUT2D eigenvalue weighted by molar-refractivity contribution is 0.205. The third kappa shape index (κ3) is 5.55. The maximum atomic E-state index is 3.74. The van der Waals surface area contributed by atoms with Gasteiger partial charge in [0.15, 0.2) is 0 Å². The molecule has 1 heterocycles. The predicted molar refractivity (Wildman–Crippen MR) is 90.2 cm³/mol. The maximum Gasteiger partial charge on any atom is 0.0175 e. The minimum Gasteiger partial charge on any atom is -0.310 e. The van der Waals surface area contributed by atoms with E-state index in [1.54, 1.807) is 0 Å². The Hall–Kier alpha value is -0.380. The number of nitrogens with one attached hydrogen (secondary N) is 1. The number of nitrogens with zero attached hydrogens (tertiary/aromatic N) is 1. The van der Waals surface area contributed by atoms with E-state index >= 15 is 0 Å². The Bertz CT molecular complexity index is 384. The van der Waals surface area contributed by atoms with Crippen LogP contribution in [0, 0.1) is 0 Å². The van der Waals surface area contributed by atoms with Crippen LogP contribution in [0.3, 0.4) is 0 Å². The summed E-state index contributed by atoms with van der Waals surface area (Å²) in [4.78, 5) is 2.60. The smallest absolute Gasteiger partial charge is 0.0175 e. The van der Waals surface area contributed by atoms with Crippen LogP contribution in [-0.2, 0) is 6.42 Å². The normalized spacial score (nSPS) is 19.8. The van der Waals surface area contributed by atoms with Crippen molar-refractivity contribution in [2.24, 2.45) is 0 Å². The van der Waals surface area contributed by atoms with Crippen molar-refractivity contribution in [2.75, 3.05) is 19.6 Å². The van der Waals surface area contributed by atoms with Crippen LogP contribution in [0.25, 0.3) is 0 Å². The van der Waals surface area contributed by atoms with Gasteiger partial charge in [0.2, 0.25) is 0 Å². The van der Waals surface area contributed by atoms with E-state index in [-0.39, 0.29) is 0 Å². The van der Waals surface area contributed by atoms with Gasteiger partial charge in [0, 0.05) is 23.1 Å². The minimum atomic E-state index is 0.524. The summed E-state index contributed by atoms with van der Waals surface area (Å²) in [6.07, 6.45) is 5.26. The molecule has 0 bridgehead atoms. The Labute approximate surface area is 132 Å². The number of hydrogen-bond donors (Lipinski definition) is 1. The number of rotatable bonds is 6. The molecule has 20 heavy (non-hydrogen) atoms. The van der Waals surface area contributed by atoms with Crippen molar-refractivity contribution in [3.05, 3.63) is 34.3 Å². The second-order valence-corrected chi connectivity index (χ2v) is 7.08. The van der Waals surface area contributed by atoms with Crippen LogP contribution in [0.1, 0.15) is 38.7 Å². The number of benzene rings is 1. The zero-order valence-corrected chi connectivity index (χ0v) is 14.3. The summed E-state index contributed by atoms with van der Waals surface area (Å²) in [5.41, 5.74) is 1.40. The first kappa shape index (κ1) is 16.0. The van der Waals surface area contributed by atoms with Crippen molar-refractivity contribution < 1.29 is 0 Å². The molecule has 0 radical (unpaired) electrons. The number of piperidine rings is 1. The van der Waals surface area contributed by atoms with Crippen molar-refractivity contribution in [3.8, 4) is 0 Å². The van der Waals surface area contributed by atoms with E-state index in [4.69, 9.17) is 0 Å². The first-order valence-electron chi connectivity index (χ1n) is 7.86. The van der Waals surface area contributed by atoms with Crippen LogP contribution in [0.4, 0.5) is 0 Å². The zero-order chi connectivity index (χ0) is 14.4. The van der Waals surface area contributed by atoms with Crippen molar-refractivity contribution in [1.29, 1.82) is 0 Å². The molecule has 2 atom stereocenters. The molecule has 1 aliphatic rings. The van der Waals surface area contributed by atoms with E-state index in [2.05, 4.69) is 64.3 Å². The Morgan fingerprint density at radius 2 is 1.70 bits per heavy atom. The predicted octanol–water partition coefficient (Wildman–Crippen LogP) is 3.84. The van der Waals surface area contributed by atoms with Gasteiger partial charge in [0.05, 0.1) is 0 Å².